The van der Waals surface area contributed by atoms with Gasteiger partial charge in [-0.05, 0) is 32.3 Å². The maximum atomic E-state index is 6.07. The smallest absolute Gasteiger partial charge is 0.0889 e. The number of rotatable bonds is 0. The second-order valence-corrected chi connectivity index (χ2v) is 4.73. The highest BCUT2D eigenvalue weighted by Gasteiger charge is 2.09. The lowest BCUT2D eigenvalue weighted by atomic mass is 9.82. The summed E-state index contributed by atoms with van der Waals surface area (Å²) in [7, 11) is 12.1. The van der Waals surface area contributed by atoms with Crippen LogP contribution in [0, 0.1) is 0 Å². The van der Waals surface area contributed by atoms with Crippen LogP contribution in [0.5, 0.6) is 0 Å². The van der Waals surface area contributed by atoms with Crippen molar-refractivity contribution in [3.05, 3.63) is 48.5 Å². The van der Waals surface area contributed by atoms with Gasteiger partial charge in [-0.1, -0.05) is 59.5 Å². The Hall–Kier alpha value is -1.95. The molecule has 0 spiro atoms. The van der Waals surface area contributed by atoms with Crippen LogP contribution in [0.15, 0.2) is 48.5 Å². The molecular formula is C16H8B2. The molecule has 0 N–H and O–H groups in total. The van der Waals surface area contributed by atoms with E-state index < -0.39 is 0 Å². The standard InChI is InChI=1S/C16H8B2/c17-13-8-4-10-2-6-12-14(18)7-3-9-1-5-11(13)16(10)15(9)12/h1-8H. The van der Waals surface area contributed by atoms with Gasteiger partial charge >= 0.3 is 0 Å². The van der Waals surface area contributed by atoms with Gasteiger partial charge < -0.3 is 0 Å². The van der Waals surface area contributed by atoms with E-state index in [1.54, 1.807) is 0 Å². The molecule has 4 rings (SSSR count). The average molecular weight is 222 g/mol. The van der Waals surface area contributed by atoms with E-state index in [4.69, 9.17) is 15.7 Å². The van der Waals surface area contributed by atoms with Crippen molar-refractivity contribution < 1.29 is 0 Å². The Balaban J connectivity index is 2.47. The van der Waals surface area contributed by atoms with E-state index in [1.165, 1.54) is 21.5 Å². The maximum absolute atomic E-state index is 6.07. The van der Waals surface area contributed by atoms with Gasteiger partial charge in [-0.3, -0.25) is 0 Å². The first-order valence-electron chi connectivity index (χ1n) is 5.97. The Morgan fingerprint density at radius 2 is 0.889 bits per heavy atom. The summed E-state index contributed by atoms with van der Waals surface area (Å²) in [6, 6.07) is 16.5. The Kier molecular flexibility index (Phi) is 1.83. The summed E-state index contributed by atoms with van der Waals surface area (Å²) in [6.45, 7) is 0. The van der Waals surface area contributed by atoms with Crippen molar-refractivity contribution in [3.63, 3.8) is 0 Å². The maximum Gasteiger partial charge on any atom is 0.114 e. The molecular weight excluding hydrogens is 214 g/mol. The van der Waals surface area contributed by atoms with E-state index in [2.05, 4.69) is 36.4 Å². The highest BCUT2D eigenvalue weighted by Crippen LogP contribution is 2.32. The lowest BCUT2D eigenvalue weighted by Crippen LogP contribution is -2.07. The summed E-state index contributed by atoms with van der Waals surface area (Å²) in [5.74, 6) is 0. The zero-order chi connectivity index (χ0) is 12.3. The van der Waals surface area contributed by atoms with Crippen LogP contribution in [0.2, 0.25) is 0 Å². The zero-order valence-corrected chi connectivity index (χ0v) is 9.77. The molecule has 0 aromatic heterocycles. The minimum absolute atomic E-state index is 0.819. The molecule has 0 fully saturated rings. The summed E-state index contributed by atoms with van der Waals surface area (Å²) >= 11 is 0. The van der Waals surface area contributed by atoms with E-state index in [0.29, 0.717) is 0 Å². The van der Waals surface area contributed by atoms with Crippen LogP contribution in [0.25, 0.3) is 32.3 Å². The van der Waals surface area contributed by atoms with Gasteiger partial charge in [0, 0.05) is 0 Å². The molecule has 2 heteroatoms. The predicted octanol–water partition coefficient (Wildman–Crippen LogP) is 2.17. The quantitative estimate of drug-likeness (QED) is 0.316. The van der Waals surface area contributed by atoms with Gasteiger partial charge in [-0.15, -0.1) is 0 Å². The summed E-state index contributed by atoms with van der Waals surface area (Å²) in [6.07, 6.45) is 0. The van der Waals surface area contributed by atoms with E-state index >= 15 is 0 Å². The molecule has 4 aromatic rings. The molecule has 4 radical (unpaired) electrons. The van der Waals surface area contributed by atoms with Gasteiger partial charge in [0.25, 0.3) is 0 Å². The van der Waals surface area contributed by atoms with Crippen LogP contribution in [-0.2, 0) is 0 Å². The van der Waals surface area contributed by atoms with Crippen LogP contribution in [0.1, 0.15) is 0 Å². The highest BCUT2D eigenvalue weighted by atomic mass is 14.1. The van der Waals surface area contributed by atoms with E-state index in [-0.39, 0.29) is 0 Å². The fourth-order valence-electron chi connectivity index (χ4n) is 2.85. The Labute approximate surface area is 108 Å². The van der Waals surface area contributed by atoms with Gasteiger partial charge in [-0.25, -0.2) is 0 Å². The van der Waals surface area contributed by atoms with Crippen molar-refractivity contribution in [2.75, 3.05) is 0 Å². The van der Waals surface area contributed by atoms with Gasteiger partial charge in [0.2, 0.25) is 0 Å². The van der Waals surface area contributed by atoms with E-state index in [0.717, 1.165) is 21.7 Å². The Morgan fingerprint density at radius 1 is 0.500 bits per heavy atom. The molecule has 0 bridgehead atoms. The summed E-state index contributed by atoms with van der Waals surface area (Å²) < 4.78 is 0. The fourth-order valence-corrected chi connectivity index (χ4v) is 2.85. The topological polar surface area (TPSA) is 0 Å². The lowest BCUT2D eigenvalue weighted by Gasteiger charge is -2.13. The van der Waals surface area contributed by atoms with Gasteiger partial charge in [0.1, 0.15) is 15.7 Å². The number of benzene rings is 4. The summed E-state index contributed by atoms with van der Waals surface area (Å²) in [4.78, 5) is 0. The third kappa shape index (κ3) is 1.13. The van der Waals surface area contributed by atoms with Crippen LogP contribution in [0.4, 0.5) is 0 Å². The van der Waals surface area contributed by atoms with Gasteiger partial charge in [0.05, 0.1) is 0 Å². The normalized spacial score (nSPS) is 11.8. The zero-order valence-electron chi connectivity index (χ0n) is 9.77. The summed E-state index contributed by atoms with van der Waals surface area (Å²) in [5, 5.41) is 7.08. The molecule has 0 saturated carbocycles. The molecule has 4 aromatic carbocycles. The fraction of sp³-hybridized carbons (Fsp3) is 0. The Bertz CT molecular complexity index is 818. The molecule has 0 aliphatic carbocycles. The molecule has 0 saturated heterocycles. The molecule has 0 aliphatic heterocycles. The first-order valence-corrected chi connectivity index (χ1v) is 5.97. The third-order valence-corrected chi connectivity index (χ3v) is 3.73. The summed E-state index contributed by atoms with van der Waals surface area (Å²) in [5.41, 5.74) is 1.64. The van der Waals surface area contributed by atoms with Crippen molar-refractivity contribution in [1.29, 1.82) is 0 Å². The third-order valence-electron chi connectivity index (χ3n) is 3.73. The second-order valence-electron chi connectivity index (χ2n) is 4.73. The van der Waals surface area contributed by atoms with E-state index in [9.17, 15) is 0 Å². The molecule has 0 atom stereocenters. The van der Waals surface area contributed by atoms with Crippen molar-refractivity contribution in [2.45, 2.75) is 0 Å². The molecule has 18 heavy (non-hydrogen) atoms. The molecule has 0 amide bonds. The van der Waals surface area contributed by atoms with Crippen LogP contribution >= 0.6 is 0 Å². The van der Waals surface area contributed by atoms with Crippen LogP contribution < -0.4 is 10.9 Å². The SMILES string of the molecule is [B]c1ccc2ccc3c([B])ccc4ccc1c2c43. The first-order chi connectivity index (χ1) is 8.75. The van der Waals surface area contributed by atoms with Crippen molar-refractivity contribution in [2.24, 2.45) is 0 Å². The second kappa shape index (κ2) is 3.29. The van der Waals surface area contributed by atoms with Crippen molar-refractivity contribution >= 4 is 58.9 Å². The molecule has 0 aliphatic rings. The minimum Gasteiger partial charge on any atom is -0.0889 e. The van der Waals surface area contributed by atoms with Crippen LogP contribution in [-0.4, -0.2) is 15.7 Å². The number of hydrogen-bond donors (Lipinski definition) is 0. The monoisotopic (exact) mass is 222 g/mol. The Morgan fingerprint density at radius 3 is 1.33 bits per heavy atom. The molecule has 0 unspecified atom stereocenters. The number of hydrogen-bond acceptors (Lipinski definition) is 0. The van der Waals surface area contributed by atoms with Gasteiger partial charge in [0.15, 0.2) is 0 Å². The molecule has 0 heterocycles. The first kappa shape index (κ1) is 10.0. The van der Waals surface area contributed by atoms with Crippen molar-refractivity contribution in [1.82, 2.24) is 0 Å². The van der Waals surface area contributed by atoms with Crippen molar-refractivity contribution in [3.8, 4) is 0 Å². The average Bonchev–Trinajstić information content (AvgIpc) is 2.40. The largest absolute Gasteiger partial charge is 0.114 e. The van der Waals surface area contributed by atoms with Gasteiger partial charge in [-0.2, -0.15) is 0 Å². The van der Waals surface area contributed by atoms with E-state index in [1.807, 2.05) is 12.1 Å². The molecule has 78 valence electrons. The predicted molar refractivity (Wildman–Crippen MR) is 80.9 cm³/mol. The lowest BCUT2D eigenvalue weighted by molar-refractivity contribution is 1.83. The highest BCUT2D eigenvalue weighted by molar-refractivity contribution is 6.45. The minimum atomic E-state index is 0.819. The van der Waals surface area contributed by atoms with Crippen LogP contribution in [0.3, 0.4) is 0 Å². The molecule has 0 nitrogen and oxygen atoms in total.